The molecule has 2 aromatic carbocycles. The van der Waals surface area contributed by atoms with Crippen LogP contribution in [0.5, 0.6) is 0 Å². The van der Waals surface area contributed by atoms with Crippen molar-refractivity contribution in [1.82, 2.24) is 63.4 Å². The molecule has 0 fully saturated rings. The second kappa shape index (κ2) is 51.6. The lowest BCUT2D eigenvalue weighted by atomic mass is 9.96. The van der Waals surface area contributed by atoms with E-state index in [0.717, 1.165) is 0 Å². The molecule has 0 aliphatic heterocycles. The summed E-state index contributed by atoms with van der Waals surface area (Å²) in [6, 6.07) is -0.678. The van der Waals surface area contributed by atoms with Crippen molar-refractivity contribution in [2.24, 2.45) is 72.7 Å². The molecule has 0 saturated carbocycles. The molecule has 0 radical (unpaired) electrons. The average Bonchev–Trinajstić information content (AvgIpc) is 0.829. The monoisotopic (exact) mass is 1600 g/mol. The van der Waals surface area contributed by atoms with Crippen LogP contribution >= 0.6 is 25.3 Å². The molecule has 0 saturated heterocycles. The van der Waals surface area contributed by atoms with Crippen molar-refractivity contribution in [3.05, 3.63) is 71.8 Å². The highest BCUT2D eigenvalue weighted by atomic mass is 32.1. The van der Waals surface area contributed by atoms with Crippen LogP contribution in [0.25, 0.3) is 0 Å². The predicted molar refractivity (Wildman–Crippen MR) is 417 cm³/mol. The highest BCUT2D eigenvalue weighted by Crippen LogP contribution is 2.18. The van der Waals surface area contributed by atoms with Gasteiger partial charge in [-0.1, -0.05) is 101 Å². The van der Waals surface area contributed by atoms with E-state index >= 15 is 0 Å². The Labute approximate surface area is 654 Å². The molecule has 0 aromatic heterocycles. The van der Waals surface area contributed by atoms with Crippen LogP contribution in [0, 0.1) is 11.8 Å². The Morgan fingerprint density at radius 3 is 1.35 bits per heavy atom. The van der Waals surface area contributed by atoms with Crippen molar-refractivity contribution < 1.29 is 82.1 Å². The molecule has 0 heterocycles. The first-order valence-electron chi connectivity index (χ1n) is 35.9. The van der Waals surface area contributed by atoms with Crippen LogP contribution in [0.1, 0.15) is 110 Å². The van der Waals surface area contributed by atoms with Gasteiger partial charge in [0.15, 0.2) is 17.9 Å². The van der Waals surface area contributed by atoms with Gasteiger partial charge in [0.2, 0.25) is 70.9 Å². The quantitative estimate of drug-likeness (QED) is 0.00962. The van der Waals surface area contributed by atoms with E-state index in [4.69, 9.17) is 45.9 Å². The Balaban J connectivity index is 2.48. The molecule has 29 N–H and O–H groups in total. The number of carboxylic acid groups (broad SMARTS) is 1. The summed E-state index contributed by atoms with van der Waals surface area (Å²) in [5.41, 5.74) is 45.8. The Morgan fingerprint density at radius 2 is 0.901 bits per heavy atom. The van der Waals surface area contributed by atoms with Crippen molar-refractivity contribution in [3.8, 4) is 0 Å². The molecule has 9 unspecified atom stereocenters. The number of hydrogen-bond acceptors (Lipinski definition) is 23. The SMILES string of the molecule is CC[C@H](C)[C@H](NC(=O)C(CCCN=C(N)N)NC(=O)CNC(=O)CNC(=O)C(Cc1ccccc1)NC(=O)C(C)NC(=O)C(N)CS)C(=O)NC(CC(=O)O)C(=O)NC(CCCN=C(N)N)C(=O)N[C@H](C(=O)NC(CS)C(=O)NC(Cc1ccccc1)C(=O)N(C(=O)CC(N)CO)[C@H](C=O)CCCN=C(N)N)[C@@H](C)CC. The molecule has 616 valence electrons. The molecule has 0 aliphatic rings. The van der Waals surface area contributed by atoms with E-state index in [1.54, 1.807) is 81.4 Å². The summed E-state index contributed by atoms with van der Waals surface area (Å²) in [5.74, 6) is -16.9. The number of imide groups is 1. The number of aliphatic hydroxyl groups excluding tert-OH is 1. The summed E-state index contributed by atoms with van der Waals surface area (Å²) >= 11 is 8.32. The third-order valence-electron chi connectivity index (χ3n) is 17.2. The number of rotatable bonds is 52. The van der Waals surface area contributed by atoms with Crippen LogP contribution in [0.3, 0.4) is 0 Å². The number of guanidine groups is 3. The number of aliphatic carboxylic acids is 1. The highest BCUT2D eigenvalue weighted by Gasteiger charge is 2.40. The zero-order valence-electron chi connectivity index (χ0n) is 62.9. The molecule has 0 bridgehead atoms. The minimum absolute atomic E-state index is 0.00765. The lowest BCUT2D eigenvalue weighted by Crippen LogP contribution is -2.62. The Bertz CT molecular complexity index is 3520. The van der Waals surface area contributed by atoms with Crippen LogP contribution in [-0.4, -0.2) is 245 Å². The third-order valence-corrected chi connectivity index (χ3v) is 17.9. The van der Waals surface area contributed by atoms with E-state index in [1.807, 2.05) is 0 Å². The summed E-state index contributed by atoms with van der Waals surface area (Å²) in [4.78, 5) is 219. The second-order valence-corrected chi connectivity index (χ2v) is 26.9. The molecular weight excluding hydrogens is 1490 g/mol. The van der Waals surface area contributed by atoms with Crippen molar-refractivity contribution in [2.75, 3.05) is 50.8 Å². The second-order valence-electron chi connectivity index (χ2n) is 26.1. The number of aliphatic hydroxyl groups is 1. The minimum Gasteiger partial charge on any atom is -0.481 e. The number of nitrogens with one attached hydrogen (secondary N) is 11. The summed E-state index contributed by atoms with van der Waals surface area (Å²) in [5, 5.41) is 47.2. The molecule has 0 spiro atoms. The smallest absolute Gasteiger partial charge is 0.305 e. The van der Waals surface area contributed by atoms with Crippen molar-refractivity contribution in [3.63, 3.8) is 0 Å². The normalized spacial score (nSPS) is 14.7. The van der Waals surface area contributed by atoms with Crippen LogP contribution in [0.4, 0.5) is 0 Å². The lowest BCUT2D eigenvalue weighted by molar-refractivity contribution is -0.152. The molecule has 2 aromatic rings. The molecule has 14 atom stereocenters. The van der Waals surface area contributed by atoms with E-state index in [0.29, 0.717) is 22.3 Å². The van der Waals surface area contributed by atoms with E-state index in [1.165, 1.54) is 13.8 Å². The van der Waals surface area contributed by atoms with Crippen molar-refractivity contribution in [2.45, 2.75) is 184 Å². The minimum atomic E-state index is -1.99. The maximum atomic E-state index is 14.7. The van der Waals surface area contributed by atoms with Gasteiger partial charge < -0.3 is 119 Å². The molecule has 13 amide bonds. The Hall–Kier alpha value is -10.7. The summed E-state index contributed by atoms with van der Waals surface area (Å²) < 4.78 is 0. The molecule has 2 rings (SSSR count). The number of nitrogens with two attached hydrogens (primary N) is 8. The van der Waals surface area contributed by atoms with Gasteiger partial charge in [-0.3, -0.25) is 87.0 Å². The number of carboxylic acids is 1. The van der Waals surface area contributed by atoms with Crippen molar-refractivity contribution >= 4 is 132 Å². The average molecular weight is 1600 g/mol. The molecular formula is C69H111N23O17S2. The van der Waals surface area contributed by atoms with Crippen LogP contribution in [0.15, 0.2) is 75.6 Å². The van der Waals surface area contributed by atoms with Gasteiger partial charge in [-0.15, -0.1) is 0 Å². The number of carbonyl (C=O) groups is 15. The van der Waals surface area contributed by atoms with Gasteiger partial charge in [-0.25, -0.2) is 0 Å². The van der Waals surface area contributed by atoms with E-state index < -0.39 is 205 Å². The fourth-order valence-electron chi connectivity index (χ4n) is 10.5. The Kier molecular flexibility index (Phi) is 44.8. The number of aldehydes is 1. The number of benzene rings is 2. The first-order valence-corrected chi connectivity index (χ1v) is 37.2. The number of aliphatic imine (C=N–C) groups is 3. The molecule has 111 heavy (non-hydrogen) atoms. The van der Waals surface area contributed by atoms with Gasteiger partial charge in [-0.05, 0) is 68.4 Å². The zero-order valence-corrected chi connectivity index (χ0v) is 64.7. The van der Waals surface area contributed by atoms with Gasteiger partial charge >= 0.3 is 5.97 Å². The Morgan fingerprint density at radius 1 is 0.477 bits per heavy atom. The lowest BCUT2D eigenvalue weighted by Gasteiger charge is -2.32. The van der Waals surface area contributed by atoms with E-state index in [-0.39, 0.29) is 107 Å². The first-order chi connectivity index (χ1) is 52.5. The number of thiol groups is 2. The summed E-state index contributed by atoms with van der Waals surface area (Å²) in [6.45, 7) is 5.50. The molecule has 42 heteroatoms. The van der Waals surface area contributed by atoms with Gasteiger partial charge in [0.1, 0.15) is 60.7 Å². The predicted octanol–water partition coefficient (Wildman–Crippen LogP) is -7.37. The highest BCUT2D eigenvalue weighted by molar-refractivity contribution is 7.80. The van der Waals surface area contributed by atoms with Crippen LogP contribution in [-0.2, 0) is 84.8 Å². The zero-order chi connectivity index (χ0) is 83.4. The first kappa shape index (κ1) is 96.4. The van der Waals surface area contributed by atoms with Crippen LogP contribution in [0.2, 0.25) is 0 Å². The van der Waals surface area contributed by atoms with E-state index in [2.05, 4.69) is 98.7 Å². The van der Waals surface area contributed by atoms with Crippen molar-refractivity contribution in [1.29, 1.82) is 0 Å². The number of carbonyl (C=O) groups excluding carboxylic acids is 14. The van der Waals surface area contributed by atoms with Gasteiger partial charge in [0.25, 0.3) is 5.91 Å². The largest absolute Gasteiger partial charge is 0.481 e. The van der Waals surface area contributed by atoms with Gasteiger partial charge in [0, 0.05) is 56.4 Å². The third kappa shape index (κ3) is 36.6. The van der Waals surface area contributed by atoms with Gasteiger partial charge in [-0.2, -0.15) is 25.3 Å². The number of amides is 13. The molecule has 0 aliphatic carbocycles. The standard InChI is InChI=1S/C69H111N23O17S2/c1-6-37(3)55(90-60(103)45(22-15-25-79-68(74)75)84-52(96)32-81-51(95)31-82-59(102)47(27-40-17-10-8-11-18-40)86-57(100)39(5)83-58(101)44(71)35-110)64(107)87-48(30-54(98)99)62(105)85-46(23-16-26-80-69(76)77)61(104)91-56(38(4)7-2)65(108)89-50(36-111)63(106)88-49(28-41-19-12-9-13-20-41)66(109)92(53(97)29-42(70)33-93)43(34-94)21-14-24-78-67(72)73/h8-13,17-20,34,37-39,42-50,55-56,93,110-111H,6-7,14-16,21-33,35-36,70-71H2,1-5H3,(H,81,95)(H,82,102)(H,83,101)(H,84,96)(H,85,105)(H,86,100)(H,87,107)(H,88,106)(H,89,108)(H,90,103)(H,91,104)(H,98,99)(H4,72,73,78)(H4,74,75,79)(H4,76,77,80)/t37-,38-,39?,42?,43-,44?,45?,46?,47?,48?,49?,50?,55-,56-/m0/s1. The maximum absolute atomic E-state index is 14.7. The summed E-state index contributed by atoms with van der Waals surface area (Å²) in [7, 11) is 0. The van der Waals surface area contributed by atoms with Crippen LogP contribution < -0.4 is 104 Å². The maximum Gasteiger partial charge on any atom is 0.305 e. The van der Waals surface area contributed by atoms with E-state index in [9.17, 15) is 82.1 Å². The number of hydrogen-bond donors (Lipinski definition) is 23. The van der Waals surface area contributed by atoms with Gasteiger partial charge in [0.05, 0.1) is 38.2 Å². The molecule has 40 nitrogen and oxygen atoms in total. The fourth-order valence-corrected chi connectivity index (χ4v) is 11.0. The topological polar surface area (TPSA) is 677 Å². The number of nitrogens with zero attached hydrogens (tertiary/aromatic N) is 4. The summed E-state index contributed by atoms with van der Waals surface area (Å²) in [6.07, 6.45) is -1.78. The fraction of sp³-hybridized carbons (Fsp3) is 0.565.